The zero-order valence-corrected chi connectivity index (χ0v) is 14.4. The van der Waals surface area contributed by atoms with Crippen LogP contribution < -0.4 is 0 Å². The summed E-state index contributed by atoms with van der Waals surface area (Å²) in [7, 11) is 0. The molecule has 0 bridgehead atoms. The maximum atomic E-state index is 12.4. The van der Waals surface area contributed by atoms with Gasteiger partial charge in [0.05, 0.1) is 5.60 Å². The summed E-state index contributed by atoms with van der Waals surface area (Å²) in [4.78, 5) is 18.5. The van der Waals surface area contributed by atoms with Crippen LogP contribution >= 0.6 is 0 Å². The Morgan fingerprint density at radius 2 is 2.04 bits per heavy atom. The maximum absolute atomic E-state index is 12.4. The third-order valence-electron chi connectivity index (χ3n) is 5.07. The molecule has 0 unspecified atom stereocenters. The van der Waals surface area contributed by atoms with Crippen LogP contribution in [0.15, 0.2) is 34.6 Å². The van der Waals surface area contributed by atoms with E-state index in [1.165, 1.54) is 0 Å². The summed E-state index contributed by atoms with van der Waals surface area (Å²) in [5, 5.41) is 18.9. The summed E-state index contributed by atoms with van der Waals surface area (Å²) in [5.41, 5.74) is -0.296. The van der Waals surface area contributed by atoms with Crippen molar-refractivity contribution in [2.45, 2.75) is 56.2 Å². The Bertz CT molecular complexity index is 666. The normalized spacial score (nSPS) is 20.1. The average Bonchev–Trinajstić information content (AvgIpc) is 3.39. The molecule has 1 N–H and O–H groups in total. The van der Waals surface area contributed by atoms with E-state index in [0.29, 0.717) is 51.6 Å². The van der Waals surface area contributed by atoms with Crippen molar-refractivity contribution in [1.82, 2.24) is 9.88 Å². The largest absolute Gasteiger partial charge is 0.389 e. The quantitative estimate of drug-likeness (QED) is 0.774. The summed E-state index contributed by atoms with van der Waals surface area (Å²) in [6.45, 7) is 1.15. The van der Waals surface area contributed by atoms with Crippen molar-refractivity contribution in [3.63, 3.8) is 0 Å². The summed E-state index contributed by atoms with van der Waals surface area (Å²) in [6.07, 6.45) is 11.1. The molecule has 1 aromatic heterocycles. The first kappa shape index (κ1) is 17.6. The number of amides is 1. The highest BCUT2D eigenvalue weighted by atomic mass is 16.3. The molecule has 3 heterocycles. The van der Waals surface area contributed by atoms with Gasteiger partial charge in [0.15, 0.2) is 5.66 Å². The predicted molar refractivity (Wildman–Crippen MR) is 93.6 cm³/mol. The van der Waals surface area contributed by atoms with Gasteiger partial charge in [-0.25, -0.2) is 0 Å². The third-order valence-corrected chi connectivity index (χ3v) is 5.07. The molecule has 0 atom stereocenters. The average molecular weight is 340 g/mol. The third kappa shape index (κ3) is 4.64. The second-order valence-electron chi connectivity index (χ2n) is 6.99. The number of rotatable bonds is 7. The van der Waals surface area contributed by atoms with Crippen molar-refractivity contribution < 1.29 is 9.90 Å². The van der Waals surface area contributed by atoms with E-state index in [0.717, 1.165) is 12.1 Å². The number of pyridine rings is 1. The lowest BCUT2D eigenvalue weighted by atomic mass is 9.86. The number of nitrogens with zero attached hydrogens (tertiary/aromatic N) is 4. The molecule has 0 aliphatic carbocycles. The molecule has 1 amide bonds. The number of aromatic nitrogens is 1. The van der Waals surface area contributed by atoms with E-state index in [-0.39, 0.29) is 5.91 Å². The molecule has 3 rings (SSSR count). The van der Waals surface area contributed by atoms with Gasteiger partial charge in [-0.3, -0.25) is 9.78 Å². The minimum Gasteiger partial charge on any atom is -0.389 e. The predicted octanol–water partition coefficient (Wildman–Crippen LogP) is 2.33. The van der Waals surface area contributed by atoms with Gasteiger partial charge < -0.3 is 10.0 Å². The Morgan fingerprint density at radius 1 is 1.28 bits per heavy atom. The lowest BCUT2D eigenvalue weighted by Gasteiger charge is -2.38. The summed E-state index contributed by atoms with van der Waals surface area (Å²) in [5.74, 6) is 2.70. The fourth-order valence-corrected chi connectivity index (χ4v) is 3.32. The van der Waals surface area contributed by atoms with Crippen LogP contribution in [0.1, 0.15) is 44.2 Å². The first-order valence-corrected chi connectivity index (χ1v) is 8.82. The van der Waals surface area contributed by atoms with Crippen molar-refractivity contribution in [2.75, 3.05) is 13.1 Å². The molecule has 6 nitrogen and oxygen atoms in total. The van der Waals surface area contributed by atoms with Crippen molar-refractivity contribution >= 4 is 5.91 Å². The molecule has 2 aliphatic heterocycles. The number of hydrogen-bond donors (Lipinski definition) is 1. The molecule has 0 aromatic carbocycles. The molecular weight excluding hydrogens is 316 g/mol. The van der Waals surface area contributed by atoms with Gasteiger partial charge >= 0.3 is 0 Å². The van der Waals surface area contributed by atoms with E-state index in [1.54, 1.807) is 6.20 Å². The van der Waals surface area contributed by atoms with E-state index >= 15 is 0 Å². The Morgan fingerprint density at radius 3 is 2.64 bits per heavy atom. The molecule has 0 spiro atoms. The fourth-order valence-electron chi connectivity index (χ4n) is 3.32. The van der Waals surface area contributed by atoms with Gasteiger partial charge in [-0.1, -0.05) is 6.07 Å². The number of carbonyl (C=O) groups is 1. The Balaban J connectivity index is 1.44. The Labute approximate surface area is 148 Å². The molecule has 132 valence electrons. The van der Waals surface area contributed by atoms with Crippen LogP contribution in [0.3, 0.4) is 0 Å². The van der Waals surface area contributed by atoms with Gasteiger partial charge in [0.25, 0.3) is 0 Å². The van der Waals surface area contributed by atoms with E-state index in [9.17, 15) is 9.90 Å². The van der Waals surface area contributed by atoms with Crippen molar-refractivity contribution in [3.8, 4) is 12.3 Å². The summed E-state index contributed by atoms with van der Waals surface area (Å²) >= 11 is 0. The van der Waals surface area contributed by atoms with Crippen LogP contribution in [-0.2, 0) is 11.2 Å². The molecule has 0 saturated carbocycles. The number of piperidine rings is 1. The second kappa shape index (κ2) is 7.32. The van der Waals surface area contributed by atoms with Gasteiger partial charge in [-0.2, -0.15) is 10.2 Å². The van der Waals surface area contributed by atoms with Crippen LogP contribution in [0, 0.1) is 12.3 Å². The van der Waals surface area contributed by atoms with E-state index in [4.69, 9.17) is 6.42 Å². The monoisotopic (exact) mass is 340 g/mol. The van der Waals surface area contributed by atoms with E-state index < -0.39 is 11.3 Å². The zero-order valence-electron chi connectivity index (χ0n) is 14.4. The highest BCUT2D eigenvalue weighted by molar-refractivity contribution is 5.76. The molecule has 1 fully saturated rings. The van der Waals surface area contributed by atoms with Gasteiger partial charge in [-0.05, 0) is 25.0 Å². The number of carbonyl (C=O) groups excluding carboxylic acids is 1. The molecule has 2 aliphatic rings. The first-order chi connectivity index (χ1) is 12.0. The lowest BCUT2D eigenvalue weighted by molar-refractivity contribution is -0.135. The zero-order chi connectivity index (χ0) is 17.8. The SMILES string of the molecule is C#CCCC1(CCC(=O)N2CCC(O)(Cc3ccccn3)CC2)N=N1. The van der Waals surface area contributed by atoms with Gasteiger partial charge in [0.2, 0.25) is 5.91 Å². The van der Waals surface area contributed by atoms with Crippen LogP contribution in [-0.4, -0.2) is 45.3 Å². The summed E-state index contributed by atoms with van der Waals surface area (Å²) in [6, 6.07) is 5.71. The van der Waals surface area contributed by atoms with E-state index in [1.807, 2.05) is 23.1 Å². The Kier molecular flexibility index (Phi) is 5.14. The first-order valence-electron chi connectivity index (χ1n) is 8.82. The van der Waals surface area contributed by atoms with Crippen LogP contribution in [0.2, 0.25) is 0 Å². The maximum Gasteiger partial charge on any atom is 0.222 e. The number of terminal acetylenes is 1. The Hall–Kier alpha value is -2.26. The molecule has 1 aromatic rings. The lowest BCUT2D eigenvalue weighted by Crippen LogP contribution is -2.48. The van der Waals surface area contributed by atoms with Crippen LogP contribution in [0.4, 0.5) is 0 Å². The number of hydrogen-bond acceptors (Lipinski definition) is 5. The molecule has 25 heavy (non-hydrogen) atoms. The highest BCUT2D eigenvalue weighted by Gasteiger charge is 2.40. The fraction of sp³-hybridized carbons (Fsp3) is 0.579. The van der Waals surface area contributed by atoms with Crippen LogP contribution in [0.25, 0.3) is 0 Å². The van der Waals surface area contributed by atoms with Gasteiger partial charge in [0, 0.05) is 57.1 Å². The minimum absolute atomic E-state index is 0.109. The smallest absolute Gasteiger partial charge is 0.222 e. The van der Waals surface area contributed by atoms with Gasteiger partial charge in [-0.15, -0.1) is 12.3 Å². The second-order valence-corrected chi connectivity index (χ2v) is 6.99. The summed E-state index contributed by atoms with van der Waals surface area (Å²) < 4.78 is 0. The van der Waals surface area contributed by atoms with Crippen LogP contribution in [0.5, 0.6) is 0 Å². The molecule has 0 radical (unpaired) electrons. The van der Waals surface area contributed by atoms with Crippen molar-refractivity contribution in [2.24, 2.45) is 10.2 Å². The molecule has 6 heteroatoms. The number of likely N-dealkylation sites (tertiary alicyclic amines) is 1. The van der Waals surface area contributed by atoms with Gasteiger partial charge in [0.1, 0.15) is 0 Å². The topological polar surface area (TPSA) is 78.2 Å². The molecule has 1 saturated heterocycles. The van der Waals surface area contributed by atoms with Crippen molar-refractivity contribution in [1.29, 1.82) is 0 Å². The van der Waals surface area contributed by atoms with Crippen molar-refractivity contribution in [3.05, 3.63) is 30.1 Å². The highest BCUT2D eigenvalue weighted by Crippen LogP contribution is 2.38. The minimum atomic E-state index is -0.777. The van der Waals surface area contributed by atoms with E-state index in [2.05, 4.69) is 21.1 Å². The standard InChI is InChI=1S/C19H24N4O2/c1-2-3-8-19(21-22-19)9-7-17(24)23-13-10-18(25,11-14-23)15-16-6-4-5-12-20-16/h1,4-6,12,25H,3,7-11,13-15H2. The number of aliphatic hydroxyl groups is 1. The molecular formula is C19H24N4O2.